The van der Waals surface area contributed by atoms with Crippen molar-refractivity contribution < 1.29 is 19.1 Å². The molecule has 3 heterocycles. The van der Waals surface area contributed by atoms with Crippen LogP contribution in [0.25, 0.3) is 10.9 Å². The van der Waals surface area contributed by atoms with Crippen LogP contribution in [-0.4, -0.2) is 39.0 Å². The molecule has 2 aliphatic rings. The zero-order valence-corrected chi connectivity index (χ0v) is 13.9. The fraction of sp³-hybridized carbons (Fsp3) is 0.421. The van der Waals surface area contributed by atoms with Crippen LogP contribution in [0.5, 0.6) is 0 Å². The van der Waals surface area contributed by atoms with Gasteiger partial charge >= 0.3 is 5.97 Å². The van der Waals surface area contributed by atoms with E-state index in [0.717, 1.165) is 6.42 Å². The minimum atomic E-state index is -0.874. The first-order chi connectivity index (χ1) is 12.0. The lowest BCUT2D eigenvalue weighted by atomic mass is 9.72. The molecule has 2 aromatic rings. The summed E-state index contributed by atoms with van der Waals surface area (Å²) in [6.45, 7) is 1.86. The molecule has 2 fully saturated rings. The van der Waals surface area contributed by atoms with E-state index < -0.39 is 17.2 Å². The van der Waals surface area contributed by atoms with E-state index in [4.69, 9.17) is 0 Å². The Balaban J connectivity index is 1.72. The summed E-state index contributed by atoms with van der Waals surface area (Å²) in [5, 5.41) is 10.4. The van der Waals surface area contributed by atoms with Gasteiger partial charge in [0.1, 0.15) is 17.0 Å². The average Bonchev–Trinajstić information content (AvgIpc) is 3.17. The zero-order valence-electron chi connectivity index (χ0n) is 13.9. The van der Waals surface area contributed by atoms with Gasteiger partial charge in [-0.2, -0.15) is 0 Å². The lowest BCUT2D eigenvalue weighted by Crippen LogP contribution is -2.44. The van der Waals surface area contributed by atoms with Crippen LogP contribution < -0.4 is 0 Å². The first kappa shape index (κ1) is 16.0. The number of hydrogen-bond acceptors (Lipinski definition) is 3. The number of nitrogens with zero attached hydrogens (tertiary/aromatic N) is 2. The number of rotatable bonds is 3. The predicted molar refractivity (Wildman–Crippen MR) is 89.7 cm³/mol. The molecular formula is C19H19FN2O3. The van der Waals surface area contributed by atoms with Gasteiger partial charge in [-0.25, -0.2) is 9.37 Å². The van der Waals surface area contributed by atoms with Crippen LogP contribution in [0.1, 0.15) is 43.1 Å². The number of aromatic nitrogens is 1. The molecule has 1 amide bonds. The summed E-state index contributed by atoms with van der Waals surface area (Å²) in [6, 6.07) is 7.54. The molecule has 4 rings (SSSR count). The Morgan fingerprint density at radius 3 is 2.80 bits per heavy atom. The fourth-order valence-electron chi connectivity index (χ4n) is 4.61. The molecule has 130 valence electrons. The smallest absolute Gasteiger partial charge is 0.311 e. The van der Waals surface area contributed by atoms with Crippen LogP contribution in [0.4, 0.5) is 4.39 Å². The van der Waals surface area contributed by atoms with Gasteiger partial charge in [0.15, 0.2) is 0 Å². The van der Waals surface area contributed by atoms with Crippen molar-refractivity contribution in [2.45, 2.75) is 44.7 Å². The Kier molecular flexibility index (Phi) is 3.52. The second-order valence-electron chi connectivity index (χ2n) is 6.99. The maximum atomic E-state index is 14.0. The minimum absolute atomic E-state index is 0.0772. The van der Waals surface area contributed by atoms with E-state index in [9.17, 15) is 19.1 Å². The van der Waals surface area contributed by atoms with Crippen LogP contribution >= 0.6 is 0 Å². The molecule has 6 heteroatoms. The first-order valence-corrected chi connectivity index (χ1v) is 8.59. The number of pyridine rings is 1. The molecule has 1 aromatic heterocycles. The highest BCUT2D eigenvalue weighted by Crippen LogP contribution is 2.52. The normalized spacial score (nSPS) is 27.8. The topological polar surface area (TPSA) is 70.5 Å². The summed E-state index contributed by atoms with van der Waals surface area (Å²) >= 11 is 0. The number of aliphatic carboxylic acids is 1. The van der Waals surface area contributed by atoms with Crippen molar-refractivity contribution in [1.29, 1.82) is 0 Å². The Morgan fingerprint density at radius 1 is 1.32 bits per heavy atom. The fourth-order valence-corrected chi connectivity index (χ4v) is 4.61. The lowest BCUT2D eigenvalue weighted by molar-refractivity contribution is -0.151. The summed E-state index contributed by atoms with van der Waals surface area (Å²) in [6.07, 6.45) is 2.48. The van der Waals surface area contributed by atoms with Crippen molar-refractivity contribution in [3.8, 4) is 0 Å². The lowest BCUT2D eigenvalue weighted by Gasteiger charge is -2.32. The van der Waals surface area contributed by atoms with Gasteiger partial charge in [-0.05, 0) is 37.8 Å². The van der Waals surface area contributed by atoms with Gasteiger partial charge < -0.3 is 10.0 Å². The Labute approximate surface area is 144 Å². The third-order valence-corrected chi connectivity index (χ3v) is 5.92. The summed E-state index contributed by atoms with van der Waals surface area (Å²) in [5.41, 5.74) is -0.535. The molecule has 0 aliphatic carbocycles. The highest BCUT2D eigenvalue weighted by Gasteiger charge is 2.60. The molecule has 25 heavy (non-hydrogen) atoms. The van der Waals surface area contributed by atoms with Crippen molar-refractivity contribution in [1.82, 2.24) is 9.88 Å². The van der Waals surface area contributed by atoms with Gasteiger partial charge in [-0.1, -0.05) is 25.1 Å². The molecule has 2 aliphatic heterocycles. The number of fused-ring (bicyclic) bond motifs is 3. The largest absolute Gasteiger partial charge is 0.481 e. The van der Waals surface area contributed by atoms with E-state index in [2.05, 4.69) is 4.98 Å². The molecule has 3 atom stereocenters. The van der Waals surface area contributed by atoms with Crippen molar-refractivity contribution in [3.63, 3.8) is 0 Å². The predicted octanol–water partition coefficient (Wildman–Crippen LogP) is 3.23. The highest BCUT2D eigenvalue weighted by molar-refractivity contribution is 5.96. The number of hydrogen-bond donors (Lipinski definition) is 1. The molecule has 0 saturated carbocycles. The molecule has 1 N–H and O–H groups in total. The molecular weight excluding hydrogens is 323 g/mol. The molecule has 2 saturated heterocycles. The second kappa shape index (κ2) is 5.51. The van der Waals surface area contributed by atoms with E-state index in [1.165, 1.54) is 6.07 Å². The van der Waals surface area contributed by atoms with Crippen molar-refractivity contribution in [3.05, 3.63) is 41.8 Å². The molecule has 0 unspecified atom stereocenters. The highest BCUT2D eigenvalue weighted by atomic mass is 19.1. The van der Waals surface area contributed by atoms with Gasteiger partial charge in [0.25, 0.3) is 5.91 Å². The Morgan fingerprint density at radius 2 is 2.12 bits per heavy atom. The molecule has 0 spiro atoms. The summed E-state index contributed by atoms with van der Waals surface area (Å²) in [5.74, 6) is -1.60. The monoisotopic (exact) mass is 342 g/mol. The van der Waals surface area contributed by atoms with Crippen molar-refractivity contribution in [2.75, 3.05) is 0 Å². The zero-order chi connectivity index (χ0) is 17.8. The van der Waals surface area contributed by atoms with E-state index in [1.807, 2.05) is 6.92 Å². The van der Waals surface area contributed by atoms with E-state index in [0.29, 0.717) is 24.6 Å². The maximum Gasteiger partial charge on any atom is 0.311 e. The van der Waals surface area contributed by atoms with Gasteiger partial charge in [-0.15, -0.1) is 0 Å². The van der Waals surface area contributed by atoms with Gasteiger partial charge in [-0.3, -0.25) is 9.59 Å². The minimum Gasteiger partial charge on any atom is -0.481 e. The van der Waals surface area contributed by atoms with Crippen LogP contribution in [0, 0.1) is 11.2 Å². The average molecular weight is 342 g/mol. The summed E-state index contributed by atoms with van der Waals surface area (Å²) < 4.78 is 14.0. The third kappa shape index (κ3) is 2.16. The van der Waals surface area contributed by atoms with Crippen LogP contribution in [0.3, 0.4) is 0 Å². The first-order valence-electron chi connectivity index (χ1n) is 8.59. The van der Waals surface area contributed by atoms with Crippen LogP contribution in [0.2, 0.25) is 0 Å². The molecule has 2 bridgehead atoms. The van der Waals surface area contributed by atoms with Gasteiger partial charge in [0, 0.05) is 17.5 Å². The molecule has 5 nitrogen and oxygen atoms in total. The Bertz CT molecular complexity index is 884. The van der Waals surface area contributed by atoms with Crippen LogP contribution in [0.15, 0.2) is 30.3 Å². The quantitative estimate of drug-likeness (QED) is 0.930. The number of carboxylic acids is 1. The number of carboxylic acid groups (broad SMARTS) is 1. The number of carbonyl (C=O) groups excluding carboxylic acids is 1. The molecule has 1 aromatic carbocycles. The second-order valence-corrected chi connectivity index (χ2v) is 6.99. The number of amides is 1. The van der Waals surface area contributed by atoms with E-state index >= 15 is 0 Å². The third-order valence-electron chi connectivity index (χ3n) is 5.92. The summed E-state index contributed by atoms with van der Waals surface area (Å²) in [4.78, 5) is 30.8. The maximum absolute atomic E-state index is 14.0. The number of carbonyl (C=O) groups is 2. The summed E-state index contributed by atoms with van der Waals surface area (Å²) in [7, 11) is 0. The van der Waals surface area contributed by atoms with E-state index in [1.54, 1.807) is 29.2 Å². The number of halogens is 1. The van der Waals surface area contributed by atoms with Gasteiger partial charge in [0.2, 0.25) is 0 Å². The standard InChI is InChI=1S/C19H19FN2O3/c1-2-19(18(24)25)10-12-7-9-15(19)22(12)17(23)14-8-6-11-4-3-5-13(20)16(11)21-14/h3-6,8,12,15H,2,7,9-10H2,1H3,(H,24,25)/t12-,15+,19+/m0/s1. The van der Waals surface area contributed by atoms with Gasteiger partial charge in [0.05, 0.1) is 5.41 Å². The SMILES string of the molecule is CC[C@@]1(C(=O)O)C[C@@H]2CC[C@H]1N2C(=O)c1ccc2cccc(F)c2n1. The Hall–Kier alpha value is -2.50. The number of para-hydroxylation sites is 1. The molecule has 0 radical (unpaired) electrons. The van der Waals surface area contributed by atoms with Crippen molar-refractivity contribution in [2.24, 2.45) is 5.41 Å². The number of benzene rings is 1. The van der Waals surface area contributed by atoms with E-state index in [-0.39, 0.29) is 29.2 Å². The van der Waals surface area contributed by atoms with Crippen molar-refractivity contribution >= 4 is 22.8 Å². The van der Waals surface area contributed by atoms with Crippen LogP contribution in [-0.2, 0) is 4.79 Å².